The number of hydrogen-bond donors (Lipinski definition) is 10. The number of benzene rings is 2. The first-order valence-electron chi connectivity index (χ1n) is 18.5. The number of anilines is 2. The maximum atomic E-state index is 12.9. The normalized spacial score (nSPS) is 14.2. The SMILES string of the molecule is CCCCCCN(CCNC(=O)Oc1ccc(CNC[C@H](CNC(=O)c2nc(Cl)c(N)nc2N)Cc2ccccc2C)cc1)C[C@H](O)[C@@H](O)[C@H](O)[C@H](O)CO. The van der Waals surface area contributed by atoms with E-state index in [9.17, 15) is 30.0 Å². The van der Waals surface area contributed by atoms with Gasteiger partial charge < -0.3 is 57.7 Å². The summed E-state index contributed by atoms with van der Waals surface area (Å²) in [6.07, 6.45) is -2.42. The van der Waals surface area contributed by atoms with E-state index < -0.39 is 43.0 Å². The Hall–Kier alpha value is -4.13. The molecule has 0 aliphatic heterocycles. The second-order valence-corrected chi connectivity index (χ2v) is 13.9. The van der Waals surface area contributed by atoms with E-state index in [0.29, 0.717) is 44.9 Å². The number of rotatable bonds is 24. The maximum absolute atomic E-state index is 12.9. The first-order chi connectivity index (χ1) is 26.3. The van der Waals surface area contributed by atoms with Crippen molar-refractivity contribution < 1.29 is 39.9 Å². The minimum atomic E-state index is -1.71. The van der Waals surface area contributed by atoms with E-state index in [2.05, 4.69) is 38.9 Å². The summed E-state index contributed by atoms with van der Waals surface area (Å²) in [7, 11) is 0. The Morgan fingerprint density at radius 1 is 0.891 bits per heavy atom. The summed E-state index contributed by atoms with van der Waals surface area (Å²) in [6.45, 7) is 5.88. The van der Waals surface area contributed by atoms with Crippen molar-refractivity contribution in [1.82, 2.24) is 30.8 Å². The van der Waals surface area contributed by atoms with E-state index in [1.54, 1.807) is 12.1 Å². The Morgan fingerprint density at radius 3 is 2.29 bits per heavy atom. The number of nitrogens with two attached hydrogens (primary N) is 2. The molecule has 3 aromatic rings. The molecular weight excluding hydrogens is 732 g/mol. The molecule has 12 N–H and O–H groups in total. The number of aryl methyl sites for hydroxylation is 1. The van der Waals surface area contributed by atoms with Gasteiger partial charge in [-0.3, -0.25) is 9.69 Å². The first-order valence-corrected chi connectivity index (χ1v) is 18.9. The zero-order valence-electron chi connectivity index (χ0n) is 31.5. The van der Waals surface area contributed by atoms with Gasteiger partial charge in [0.15, 0.2) is 22.5 Å². The Labute approximate surface area is 327 Å². The second-order valence-electron chi connectivity index (χ2n) is 13.6. The highest BCUT2D eigenvalue weighted by atomic mass is 35.5. The van der Waals surface area contributed by atoms with Crippen LogP contribution in [0.15, 0.2) is 48.5 Å². The molecule has 0 saturated carbocycles. The highest BCUT2D eigenvalue weighted by Gasteiger charge is 2.31. The van der Waals surface area contributed by atoms with Gasteiger partial charge in [0.1, 0.15) is 24.1 Å². The van der Waals surface area contributed by atoms with Gasteiger partial charge in [0, 0.05) is 39.3 Å². The summed E-state index contributed by atoms with van der Waals surface area (Å²) in [5, 5.41) is 58.4. The topological polar surface area (TPSA) is 262 Å². The summed E-state index contributed by atoms with van der Waals surface area (Å²) < 4.78 is 5.45. The first kappa shape index (κ1) is 45.3. The predicted molar refractivity (Wildman–Crippen MR) is 210 cm³/mol. The molecule has 2 aromatic carbocycles. The van der Waals surface area contributed by atoms with Gasteiger partial charge in [0.2, 0.25) is 0 Å². The average molecular weight is 789 g/mol. The van der Waals surface area contributed by atoms with Crippen molar-refractivity contribution in [2.24, 2.45) is 5.92 Å². The van der Waals surface area contributed by atoms with Crippen molar-refractivity contribution >= 4 is 35.2 Å². The van der Waals surface area contributed by atoms with Gasteiger partial charge in [-0.05, 0) is 61.1 Å². The van der Waals surface area contributed by atoms with E-state index >= 15 is 0 Å². The number of nitrogen functional groups attached to an aromatic ring is 2. The molecule has 3 rings (SSSR count). The van der Waals surface area contributed by atoms with Crippen molar-refractivity contribution in [3.63, 3.8) is 0 Å². The van der Waals surface area contributed by atoms with Crippen LogP contribution in [0.25, 0.3) is 0 Å². The molecule has 0 fully saturated rings. The molecule has 0 radical (unpaired) electrons. The fourth-order valence-corrected chi connectivity index (χ4v) is 5.97. The van der Waals surface area contributed by atoms with Crippen LogP contribution in [0.5, 0.6) is 5.75 Å². The summed E-state index contributed by atoms with van der Waals surface area (Å²) in [6, 6.07) is 15.1. The number of hydrogen-bond acceptors (Lipinski definition) is 14. The molecule has 17 heteroatoms. The van der Waals surface area contributed by atoms with E-state index in [1.807, 2.05) is 42.2 Å². The van der Waals surface area contributed by atoms with Crippen LogP contribution >= 0.6 is 11.6 Å². The largest absolute Gasteiger partial charge is 0.412 e. The van der Waals surface area contributed by atoms with Crippen molar-refractivity contribution in [3.05, 3.63) is 76.1 Å². The number of unbranched alkanes of at least 4 members (excludes halogenated alkanes) is 3. The molecule has 5 atom stereocenters. The van der Waals surface area contributed by atoms with Crippen LogP contribution < -0.4 is 32.2 Å². The van der Waals surface area contributed by atoms with Crippen molar-refractivity contribution in [3.8, 4) is 5.75 Å². The summed E-state index contributed by atoms with van der Waals surface area (Å²) in [4.78, 5) is 35.2. The molecule has 0 unspecified atom stereocenters. The standard InChI is InChI=1S/C38H57ClN8O8/c1-3-4-5-8-16-47(22-29(49)32(51)33(52)30(50)23-48)17-15-43-38(54)55-28-13-11-25(12-14-28)19-42-20-26(18-27-10-7-6-9-24(27)2)21-44-37(53)31-35(40)46-36(41)34(39)45-31/h6-7,9-14,26,29-30,32-33,42,48-52H,3-5,8,15-23H2,1-2H3,(H,43,54)(H,44,53)(H4,40,41,46)/t26-,29+,30-,32-,33-/m1/s1. The summed E-state index contributed by atoms with van der Waals surface area (Å²) >= 11 is 5.97. The van der Waals surface area contributed by atoms with Gasteiger partial charge in [-0.15, -0.1) is 0 Å². The lowest BCUT2D eigenvalue weighted by Crippen LogP contribution is -2.50. The van der Waals surface area contributed by atoms with Crippen LogP contribution in [0, 0.1) is 12.8 Å². The highest BCUT2D eigenvalue weighted by molar-refractivity contribution is 6.31. The third-order valence-corrected chi connectivity index (χ3v) is 9.41. The fourth-order valence-electron chi connectivity index (χ4n) is 5.84. The number of carbonyl (C=O) groups is 2. The predicted octanol–water partition coefficient (Wildman–Crippen LogP) is 1.39. The van der Waals surface area contributed by atoms with Crippen LogP contribution in [-0.2, 0) is 13.0 Å². The van der Waals surface area contributed by atoms with Crippen LogP contribution in [0.2, 0.25) is 5.15 Å². The number of aliphatic hydroxyl groups is 5. The number of carbonyl (C=O) groups excluding carboxylic acids is 2. The van der Waals surface area contributed by atoms with Gasteiger partial charge in [0.05, 0.1) is 12.7 Å². The average Bonchev–Trinajstić information content (AvgIpc) is 3.17. The second kappa shape index (κ2) is 23.7. The lowest BCUT2D eigenvalue weighted by molar-refractivity contribution is -0.119. The number of amides is 2. The Kier molecular flexibility index (Phi) is 19.5. The zero-order chi connectivity index (χ0) is 40.3. The van der Waals surface area contributed by atoms with Gasteiger partial charge >= 0.3 is 6.09 Å². The number of nitrogens with one attached hydrogen (secondary N) is 3. The monoisotopic (exact) mass is 788 g/mol. The molecule has 304 valence electrons. The highest BCUT2D eigenvalue weighted by Crippen LogP contribution is 2.18. The lowest BCUT2D eigenvalue weighted by atomic mass is 9.95. The lowest BCUT2D eigenvalue weighted by Gasteiger charge is -2.30. The van der Waals surface area contributed by atoms with Crippen molar-refractivity contribution in [2.45, 2.75) is 76.9 Å². The minimum absolute atomic E-state index is 0.00106. The Bertz CT molecular complexity index is 1620. The molecule has 0 saturated heterocycles. The van der Waals surface area contributed by atoms with E-state index in [4.69, 9.17) is 32.9 Å². The molecule has 2 amide bonds. The smallest absolute Gasteiger partial charge is 0.410 e. The molecule has 0 aliphatic rings. The number of aliphatic hydroxyl groups excluding tert-OH is 5. The van der Waals surface area contributed by atoms with Crippen LogP contribution in [0.4, 0.5) is 16.4 Å². The third-order valence-electron chi connectivity index (χ3n) is 9.13. The molecular formula is C38H57ClN8O8. The number of aromatic nitrogens is 2. The molecule has 55 heavy (non-hydrogen) atoms. The maximum Gasteiger partial charge on any atom is 0.412 e. The number of halogens is 1. The number of nitrogens with zero attached hydrogens (tertiary/aromatic N) is 3. The van der Waals surface area contributed by atoms with E-state index in [1.165, 1.54) is 0 Å². The van der Waals surface area contributed by atoms with Gasteiger partial charge in [-0.1, -0.05) is 74.2 Å². The van der Waals surface area contributed by atoms with Gasteiger partial charge in [-0.2, -0.15) is 0 Å². The number of ether oxygens (including phenoxy) is 1. The summed E-state index contributed by atoms with van der Waals surface area (Å²) in [5.74, 6) is -0.325. The van der Waals surface area contributed by atoms with E-state index in [-0.39, 0.29) is 41.5 Å². The Balaban J connectivity index is 1.50. The zero-order valence-corrected chi connectivity index (χ0v) is 32.3. The van der Waals surface area contributed by atoms with Crippen LogP contribution in [-0.4, -0.2) is 123 Å². The molecule has 16 nitrogen and oxygen atoms in total. The molecule has 0 bridgehead atoms. The molecule has 1 aromatic heterocycles. The quantitative estimate of drug-likeness (QED) is 0.0576. The van der Waals surface area contributed by atoms with Gasteiger partial charge in [0.25, 0.3) is 5.91 Å². The van der Waals surface area contributed by atoms with Crippen molar-refractivity contribution in [1.29, 1.82) is 0 Å². The van der Waals surface area contributed by atoms with Crippen molar-refractivity contribution in [2.75, 3.05) is 57.3 Å². The minimum Gasteiger partial charge on any atom is -0.410 e. The Morgan fingerprint density at radius 2 is 1.60 bits per heavy atom. The van der Waals surface area contributed by atoms with Crippen LogP contribution in [0.1, 0.15) is 59.8 Å². The molecule has 0 aliphatic carbocycles. The fraction of sp³-hybridized carbons (Fsp3) is 0.526. The summed E-state index contributed by atoms with van der Waals surface area (Å²) in [5.41, 5.74) is 14.7. The van der Waals surface area contributed by atoms with Crippen LogP contribution in [0.3, 0.4) is 0 Å². The molecule has 0 spiro atoms. The third kappa shape index (κ3) is 15.5. The van der Waals surface area contributed by atoms with E-state index in [0.717, 1.165) is 42.4 Å². The molecule has 1 heterocycles. The van der Waals surface area contributed by atoms with Gasteiger partial charge in [-0.25, -0.2) is 14.8 Å².